The Labute approximate surface area is 140 Å². The zero-order valence-electron chi connectivity index (χ0n) is 13.0. The third-order valence-electron chi connectivity index (χ3n) is 3.41. The van der Waals surface area contributed by atoms with E-state index < -0.39 is 21.6 Å². The topological polar surface area (TPSA) is 105 Å². The van der Waals surface area contributed by atoms with Crippen LogP contribution in [0.4, 0.5) is 0 Å². The van der Waals surface area contributed by atoms with Crippen molar-refractivity contribution in [2.24, 2.45) is 0 Å². The average molecular weight is 347 g/mol. The van der Waals surface area contributed by atoms with E-state index in [1.165, 1.54) is 6.26 Å². The smallest absolute Gasteiger partial charge is 0.371 e. The number of benzene rings is 1. The molecule has 0 amide bonds. The summed E-state index contributed by atoms with van der Waals surface area (Å²) in [7, 11) is -3.19. The summed E-state index contributed by atoms with van der Waals surface area (Å²) in [5.41, 5.74) is 2.32. The summed E-state index contributed by atoms with van der Waals surface area (Å²) >= 11 is 0. The number of carbonyl (C=O) groups is 1. The number of rotatable bonds is 6. The van der Waals surface area contributed by atoms with Gasteiger partial charge in [0.05, 0.1) is 10.6 Å². The number of carboxylic acids is 1. The Balaban J connectivity index is 2.00. The van der Waals surface area contributed by atoms with Crippen molar-refractivity contribution in [2.75, 3.05) is 6.26 Å². The van der Waals surface area contributed by atoms with Crippen LogP contribution in [0, 0.1) is 0 Å². The van der Waals surface area contributed by atoms with Crippen molar-refractivity contribution in [1.82, 2.24) is 4.98 Å². The molecule has 0 atom stereocenters. The molecule has 1 aromatic carbocycles. The van der Waals surface area contributed by atoms with Gasteiger partial charge in [0.15, 0.2) is 9.84 Å². The molecule has 126 valence electrons. The van der Waals surface area contributed by atoms with E-state index in [0.717, 1.165) is 23.6 Å². The van der Waals surface area contributed by atoms with E-state index in [1.807, 2.05) is 0 Å². The minimum Gasteiger partial charge on any atom is -0.502 e. The average Bonchev–Trinajstić information content (AvgIpc) is 2.53. The maximum absolute atomic E-state index is 11.4. The molecule has 0 fully saturated rings. The Morgan fingerprint density at radius 3 is 2.12 bits per heavy atom. The van der Waals surface area contributed by atoms with Crippen LogP contribution in [0.25, 0.3) is 6.08 Å². The molecule has 0 aliphatic carbocycles. The summed E-state index contributed by atoms with van der Waals surface area (Å²) in [6, 6.07) is 10.2. The molecule has 0 bridgehead atoms. The Morgan fingerprint density at radius 1 is 1.04 bits per heavy atom. The highest BCUT2D eigenvalue weighted by Gasteiger charge is 2.07. The van der Waals surface area contributed by atoms with Gasteiger partial charge in [0, 0.05) is 18.5 Å². The number of nitrogens with zero attached hydrogens (tertiary/aromatic N) is 1. The van der Waals surface area contributed by atoms with Crippen LogP contribution in [0.3, 0.4) is 0 Å². The van der Waals surface area contributed by atoms with Gasteiger partial charge in [-0.1, -0.05) is 18.2 Å². The van der Waals surface area contributed by atoms with Crippen LogP contribution in [-0.4, -0.2) is 35.8 Å². The molecule has 7 heteroatoms. The van der Waals surface area contributed by atoms with Gasteiger partial charge in [0.25, 0.3) is 0 Å². The van der Waals surface area contributed by atoms with Crippen molar-refractivity contribution in [1.29, 1.82) is 0 Å². The molecular weight excluding hydrogens is 330 g/mol. The van der Waals surface area contributed by atoms with Crippen molar-refractivity contribution in [2.45, 2.75) is 17.7 Å². The Kier molecular flexibility index (Phi) is 5.35. The number of sulfone groups is 1. The maximum Gasteiger partial charge on any atom is 0.371 e. The molecule has 0 saturated carbocycles. The highest BCUT2D eigenvalue weighted by atomic mass is 32.2. The van der Waals surface area contributed by atoms with E-state index in [0.29, 0.717) is 17.0 Å². The van der Waals surface area contributed by atoms with Crippen molar-refractivity contribution in [3.05, 3.63) is 65.2 Å². The lowest BCUT2D eigenvalue weighted by atomic mass is 10.1. The number of pyridine rings is 1. The first-order valence-corrected chi connectivity index (χ1v) is 9.03. The van der Waals surface area contributed by atoms with E-state index in [9.17, 15) is 13.2 Å². The summed E-state index contributed by atoms with van der Waals surface area (Å²) < 4.78 is 22.8. The third-order valence-corrected chi connectivity index (χ3v) is 4.53. The number of aromatic nitrogens is 1. The highest BCUT2D eigenvalue weighted by Crippen LogP contribution is 2.13. The summed E-state index contributed by atoms with van der Waals surface area (Å²) in [6.45, 7) is 0. The zero-order chi connectivity index (χ0) is 17.7. The second kappa shape index (κ2) is 7.27. The highest BCUT2D eigenvalue weighted by molar-refractivity contribution is 7.90. The Hall–Kier alpha value is -2.67. The molecule has 2 N–H and O–H groups in total. The third kappa shape index (κ3) is 4.92. The summed E-state index contributed by atoms with van der Waals surface area (Å²) in [4.78, 5) is 14.9. The molecule has 0 saturated heterocycles. The lowest BCUT2D eigenvalue weighted by Gasteiger charge is -2.04. The van der Waals surface area contributed by atoms with Crippen molar-refractivity contribution >= 4 is 21.9 Å². The van der Waals surface area contributed by atoms with Gasteiger partial charge in [-0.25, -0.2) is 13.2 Å². The monoisotopic (exact) mass is 347 g/mol. The number of aliphatic hydroxyl groups is 1. The van der Waals surface area contributed by atoms with E-state index >= 15 is 0 Å². The number of aryl methyl sites for hydroxylation is 2. The fourth-order valence-electron chi connectivity index (χ4n) is 2.06. The van der Waals surface area contributed by atoms with Gasteiger partial charge in [-0.15, -0.1) is 0 Å². The van der Waals surface area contributed by atoms with Crippen molar-refractivity contribution in [3.8, 4) is 0 Å². The van der Waals surface area contributed by atoms with E-state index in [-0.39, 0.29) is 0 Å². The molecule has 0 radical (unpaired) electrons. The van der Waals surface area contributed by atoms with Gasteiger partial charge in [0.1, 0.15) is 0 Å². The van der Waals surface area contributed by atoms with Crippen LogP contribution < -0.4 is 0 Å². The van der Waals surface area contributed by atoms with Crippen LogP contribution in [-0.2, 0) is 27.5 Å². The van der Waals surface area contributed by atoms with Crippen LogP contribution in [0.1, 0.15) is 16.8 Å². The van der Waals surface area contributed by atoms with E-state index in [2.05, 4.69) is 4.98 Å². The van der Waals surface area contributed by atoms with Crippen LogP contribution >= 0.6 is 0 Å². The fraction of sp³-hybridized carbons (Fsp3) is 0.176. The van der Waals surface area contributed by atoms with Gasteiger partial charge in [0.2, 0.25) is 5.76 Å². The molecule has 24 heavy (non-hydrogen) atoms. The number of hydrogen-bond acceptors (Lipinski definition) is 5. The van der Waals surface area contributed by atoms with Crippen molar-refractivity contribution in [3.63, 3.8) is 0 Å². The molecular formula is C17H17NO5S. The predicted octanol–water partition coefficient (Wildman–Crippen LogP) is 2.25. The Bertz CT molecular complexity index is 853. The lowest BCUT2D eigenvalue weighted by molar-refractivity contribution is -0.135. The quantitative estimate of drug-likeness (QED) is 0.613. The van der Waals surface area contributed by atoms with Gasteiger partial charge in [-0.2, -0.15) is 0 Å². The van der Waals surface area contributed by atoms with Gasteiger partial charge in [-0.05, 0) is 42.2 Å². The first-order valence-electron chi connectivity index (χ1n) is 7.13. The normalized spacial score (nSPS) is 12.1. The zero-order valence-corrected chi connectivity index (χ0v) is 13.8. The van der Waals surface area contributed by atoms with Crippen molar-refractivity contribution < 1.29 is 23.4 Å². The first kappa shape index (κ1) is 17.7. The molecule has 0 aliphatic heterocycles. The summed E-state index contributed by atoms with van der Waals surface area (Å²) in [5, 5.41) is 17.8. The van der Waals surface area contributed by atoms with E-state index in [4.69, 9.17) is 10.2 Å². The number of aliphatic hydroxyl groups excluding tert-OH is 1. The fourth-order valence-corrected chi connectivity index (χ4v) is 2.69. The SMILES string of the molecule is CS(=O)(=O)c1ccc(CCc2ccc(/C=C(\O)C(=O)O)nc2)cc1. The molecule has 2 aromatic rings. The molecule has 0 spiro atoms. The minimum atomic E-state index is -3.19. The van der Waals surface area contributed by atoms with Crippen LogP contribution in [0.15, 0.2) is 53.2 Å². The maximum atomic E-state index is 11.4. The minimum absolute atomic E-state index is 0.294. The number of aliphatic carboxylic acids is 1. The molecule has 0 aliphatic rings. The van der Waals surface area contributed by atoms with Crippen LogP contribution in [0.5, 0.6) is 0 Å². The molecule has 0 unspecified atom stereocenters. The Morgan fingerprint density at radius 2 is 1.62 bits per heavy atom. The van der Waals surface area contributed by atoms with E-state index in [1.54, 1.807) is 42.6 Å². The summed E-state index contributed by atoms with van der Waals surface area (Å²) in [6.07, 6.45) is 5.30. The van der Waals surface area contributed by atoms with Gasteiger partial charge < -0.3 is 10.2 Å². The molecule has 1 heterocycles. The molecule has 1 aromatic heterocycles. The largest absolute Gasteiger partial charge is 0.502 e. The van der Waals surface area contributed by atoms with Gasteiger partial charge >= 0.3 is 5.97 Å². The molecule has 2 rings (SSSR count). The second-order valence-corrected chi connectivity index (χ2v) is 7.36. The predicted molar refractivity (Wildman–Crippen MR) is 89.4 cm³/mol. The first-order chi connectivity index (χ1) is 11.3. The summed E-state index contributed by atoms with van der Waals surface area (Å²) in [5.74, 6) is -2.17. The van der Waals surface area contributed by atoms with Gasteiger partial charge in [-0.3, -0.25) is 4.98 Å². The number of carboxylic acid groups (broad SMARTS) is 1. The standard InChI is InChI=1S/C17H17NO5S/c1-24(22,23)15-8-5-12(6-9-15)2-3-13-4-7-14(18-11-13)10-16(19)17(20)21/h4-11,19H,2-3H2,1H3,(H,20,21)/b16-10-. The lowest BCUT2D eigenvalue weighted by Crippen LogP contribution is -1.99. The number of hydrogen-bond donors (Lipinski definition) is 2. The second-order valence-electron chi connectivity index (χ2n) is 5.34. The van der Waals surface area contributed by atoms with Crippen LogP contribution in [0.2, 0.25) is 0 Å². The molecule has 6 nitrogen and oxygen atoms in total.